The average molecular weight is 345 g/mol. The van der Waals surface area contributed by atoms with Crippen LogP contribution < -0.4 is 14.8 Å². The van der Waals surface area contributed by atoms with Gasteiger partial charge in [0.15, 0.2) is 18.1 Å². The van der Waals surface area contributed by atoms with Gasteiger partial charge >= 0.3 is 0 Å². The van der Waals surface area contributed by atoms with E-state index in [-0.39, 0.29) is 12.3 Å². The molecule has 0 radical (unpaired) electrons. The summed E-state index contributed by atoms with van der Waals surface area (Å²) >= 11 is 0. The molecule has 0 saturated carbocycles. The Morgan fingerprint density at radius 2 is 2.12 bits per heavy atom. The Balaban J connectivity index is 2.00. The summed E-state index contributed by atoms with van der Waals surface area (Å²) in [4.78, 5) is 22.1. The van der Waals surface area contributed by atoms with Gasteiger partial charge in [-0.15, -0.1) is 0 Å². The van der Waals surface area contributed by atoms with Gasteiger partial charge in [-0.2, -0.15) is 0 Å². The molecule has 2 rings (SSSR count). The smallest absolute Gasteiger partial charge is 0.271 e. The van der Waals surface area contributed by atoms with Crippen molar-refractivity contribution in [3.63, 3.8) is 0 Å². The van der Waals surface area contributed by atoms with E-state index < -0.39 is 10.8 Å². The topological polar surface area (TPSA) is 123 Å². The van der Waals surface area contributed by atoms with Crippen molar-refractivity contribution >= 4 is 23.5 Å². The number of amides is 1. The molecule has 2 aromatic rings. The van der Waals surface area contributed by atoms with E-state index >= 15 is 0 Å². The van der Waals surface area contributed by atoms with E-state index in [9.17, 15) is 14.9 Å². The number of benzene rings is 2. The van der Waals surface area contributed by atoms with Gasteiger partial charge in [0.25, 0.3) is 11.6 Å². The van der Waals surface area contributed by atoms with Crippen LogP contribution in [0.25, 0.3) is 0 Å². The molecule has 0 aliphatic heterocycles. The molecule has 0 heterocycles. The van der Waals surface area contributed by atoms with Gasteiger partial charge in [0, 0.05) is 23.4 Å². The highest BCUT2D eigenvalue weighted by Crippen LogP contribution is 2.27. The number of non-ortho nitro benzene ring substituents is 1. The van der Waals surface area contributed by atoms with Crippen LogP contribution in [0.15, 0.2) is 47.6 Å². The second-order valence-corrected chi connectivity index (χ2v) is 4.80. The lowest BCUT2D eigenvalue weighted by Gasteiger charge is -2.11. The van der Waals surface area contributed by atoms with Crippen molar-refractivity contribution < 1.29 is 24.4 Å². The number of carbonyl (C=O) groups excluding carboxylic acids is 1. The van der Waals surface area contributed by atoms with Gasteiger partial charge in [-0.25, -0.2) is 0 Å². The molecule has 0 fully saturated rings. The van der Waals surface area contributed by atoms with Crippen molar-refractivity contribution in [1.82, 2.24) is 0 Å². The number of ether oxygens (including phenoxy) is 2. The van der Waals surface area contributed by atoms with Crippen molar-refractivity contribution in [3.05, 3.63) is 58.1 Å². The highest BCUT2D eigenvalue weighted by Gasteiger charge is 2.11. The highest BCUT2D eigenvalue weighted by molar-refractivity contribution is 5.92. The molecule has 0 atom stereocenters. The van der Waals surface area contributed by atoms with Gasteiger partial charge in [-0.05, 0) is 24.3 Å². The number of rotatable bonds is 7. The fraction of sp³-hybridized carbons (Fsp3) is 0.125. The maximum atomic E-state index is 11.9. The maximum absolute atomic E-state index is 11.9. The third-order valence-corrected chi connectivity index (χ3v) is 3.09. The first-order chi connectivity index (χ1) is 12.0. The first-order valence-corrected chi connectivity index (χ1v) is 7.06. The van der Waals surface area contributed by atoms with Crippen molar-refractivity contribution in [1.29, 1.82) is 0 Å². The molecule has 0 unspecified atom stereocenters. The quantitative estimate of drug-likeness (QED) is 0.344. The van der Waals surface area contributed by atoms with Crippen LogP contribution in [-0.2, 0) is 4.79 Å². The van der Waals surface area contributed by atoms with Crippen molar-refractivity contribution in [2.45, 2.75) is 0 Å². The van der Waals surface area contributed by atoms with E-state index in [2.05, 4.69) is 10.5 Å². The number of anilines is 1. The Morgan fingerprint density at radius 1 is 1.32 bits per heavy atom. The number of hydrogen-bond donors (Lipinski definition) is 2. The Bertz CT molecular complexity index is 806. The van der Waals surface area contributed by atoms with Gasteiger partial charge in [0.2, 0.25) is 0 Å². The van der Waals surface area contributed by atoms with Crippen LogP contribution in [0.4, 0.5) is 11.4 Å². The van der Waals surface area contributed by atoms with Crippen LogP contribution in [0.2, 0.25) is 0 Å². The summed E-state index contributed by atoms with van der Waals surface area (Å²) in [6, 6.07) is 10.4. The molecular weight excluding hydrogens is 330 g/mol. The molecule has 0 bridgehead atoms. The Hall–Kier alpha value is -3.62. The van der Waals surface area contributed by atoms with Crippen LogP contribution in [0.1, 0.15) is 5.56 Å². The molecule has 0 spiro atoms. The molecule has 2 N–H and O–H groups in total. The lowest BCUT2D eigenvalue weighted by atomic mass is 10.2. The summed E-state index contributed by atoms with van der Waals surface area (Å²) in [7, 11) is 1.44. The number of nitro benzene ring substituents is 1. The first kappa shape index (κ1) is 17.7. The number of nitrogens with zero attached hydrogens (tertiary/aromatic N) is 2. The van der Waals surface area contributed by atoms with Crippen LogP contribution in [-0.4, -0.2) is 36.0 Å². The van der Waals surface area contributed by atoms with Gasteiger partial charge in [-0.1, -0.05) is 11.2 Å². The highest BCUT2D eigenvalue weighted by atomic mass is 16.6. The minimum absolute atomic E-state index is 0.124. The van der Waals surface area contributed by atoms with Crippen LogP contribution in [0.3, 0.4) is 0 Å². The molecule has 0 aliphatic rings. The molecular formula is C16H15N3O6. The van der Waals surface area contributed by atoms with E-state index in [1.807, 2.05) is 0 Å². The third-order valence-electron chi connectivity index (χ3n) is 3.09. The molecule has 0 aromatic heterocycles. The number of nitrogens with one attached hydrogen (secondary N) is 1. The summed E-state index contributed by atoms with van der Waals surface area (Å²) in [5, 5.41) is 24.7. The predicted octanol–water partition coefficient (Wildman–Crippen LogP) is 2.43. The summed E-state index contributed by atoms with van der Waals surface area (Å²) in [5.41, 5.74) is 0.763. The predicted molar refractivity (Wildman–Crippen MR) is 89.6 cm³/mol. The normalized spacial score (nSPS) is 10.4. The van der Waals surface area contributed by atoms with Gasteiger partial charge in [-0.3, -0.25) is 14.9 Å². The van der Waals surface area contributed by atoms with Crippen molar-refractivity contribution in [2.75, 3.05) is 19.0 Å². The molecule has 0 aliphatic carbocycles. The number of methoxy groups -OCH3 is 1. The van der Waals surface area contributed by atoms with Crippen molar-refractivity contribution in [2.24, 2.45) is 5.16 Å². The van der Waals surface area contributed by atoms with Crippen LogP contribution in [0, 0.1) is 10.1 Å². The van der Waals surface area contributed by atoms with Gasteiger partial charge in [0.05, 0.1) is 18.2 Å². The zero-order valence-electron chi connectivity index (χ0n) is 13.2. The number of hydrogen-bond acceptors (Lipinski definition) is 7. The Labute approximate surface area is 142 Å². The molecule has 2 aromatic carbocycles. The SMILES string of the molecule is COc1cc(/C=N\O)ccc1OCC(=O)Nc1cccc([N+](=O)[O-])c1. The van der Waals surface area contributed by atoms with Crippen LogP contribution in [0.5, 0.6) is 11.5 Å². The molecule has 9 nitrogen and oxygen atoms in total. The maximum Gasteiger partial charge on any atom is 0.271 e. The number of carbonyl (C=O) groups is 1. The minimum atomic E-state index is -0.547. The van der Waals surface area contributed by atoms with E-state index in [0.717, 1.165) is 0 Å². The molecule has 25 heavy (non-hydrogen) atoms. The van der Waals surface area contributed by atoms with Crippen molar-refractivity contribution in [3.8, 4) is 11.5 Å². The zero-order valence-corrected chi connectivity index (χ0v) is 13.2. The van der Waals surface area contributed by atoms with E-state index in [4.69, 9.17) is 14.7 Å². The number of oxime groups is 1. The van der Waals surface area contributed by atoms with E-state index in [0.29, 0.717) is 22.7 Å². The first-order valence-electron chi connectivity index (χ1n) is 7.06. The molecule has 130 valence electrons. The summed E-state index contributed by atoms with van der Waals surface area (Å²) in [6.07, 6.45) is 1.22. The second-order valence-electron chi connectivity index (χ2n) is 4.80. The monoisotopic (exact) mass is 345 g/mol. The second kappa shape index (κ2) is 8.29. The zero-order chi connectivity index (χ0) is 18.2. The van der Waals surface area contributed by atoms with Crippen LogP contribution >= 0.6 is 0 Å². The van der Waals surface area contributed by atoms with E-state index in [1.54, 1.807) is 18.2 Å². The molecule has 0 saturated heterocycles. The third kappa shape index (κ3) is 4.93. The lowest BCUT2D eigenvalue weighted by Crippen LogP contribution is -2.20. The lowest BCUT2D eigenvalue weighted by molar-refractivity contribution is -0.384. The molecule has 9 heteroatoms. The van der Waals surface area contributed by atoms with Gasteiger partial charge in [0.1, 0.15) is 0 Å². The summed E-state index contributed by atoms with van der Waals surface area (Å²) in [5.74, 6) is 0.205. The summed E-state index contributed by atoms with van der Waals surface area (Å²) in [6.45, 7) is -0.313. The fourth-order valence-electron chi connectivity index (χ4n) is 1.99. The fourth-order valence-corrected chi connectivity index (χ4v) is 1.99. The minimum Gasteiger partial charge on any atom is -0.493 e. The standard InChI is InChI=1S/C16H15N3O6/c1-24-15-7-11(9-17-21)5-6-14(15)25-10-16(20)18-12-3-2-4-13(8-12)19(22)23/h2-9,21H,10H2,1H3,(H,18,20)/b17-9-. The largest absolute Gasteiger partial charge is 0.493 e. The average Bonchev–Trinajstić information content (AvgIpc) is 2.61. The Morgan fingerprint density at radius 3 is 2.80 bits per heavy atom. The number of nitro groups is 1. The summed E-state index contributed by atoms with van der Waals surface area (Å²) < 4.78 is 10.5. The van der Waals surface area contributed by atoms with E-state index in [1.165, 1.54) is 37.6 Å². The molecule has 1 amide bonds. The Kier molecular flexibility index (Phi) is 5.88. The van der Waals surface area contributed by atoms with Gasteiger partial charge < -0.3 is 20.0 Å².